The number of hydrogen-bond acceptors (Lipinski definition) is 10. The van der Waals surface area contributed by atoms with Crippen LogP contribution in [0.15, 0.2) is 42.7 Å². The van der Waals surface area contributed by atoms with E-state index >= 15 is 0 Å². The van der Waals surface area contributed by atoms with Crippen LogP contribution in [0.5, 0.6) is 11.6 Å². The maximum absolute atomic E-state index is 13.6. The number of aromatic nitrogens is 4. The van der Waals surface area contributed by atoms with Gasteiger partial charge in [-0.05, 0) is 25.5 Å². The van der Waals surface area contributed by atoms with Crippen LogP contribution in [0.3, 0.4) is 0 Å². The summed E-state index contributed by atoms with van der Waals surface area (Å²) in [7, 11) is 1.17. The Bertz CT molecular complexity index is 1360. The minimum atomic E-state index is -4.05. The van der Waals surface area contributed by atoms with Crippen LogP contribution in [-0.4, -0.2) is 64.4 Å². The third-order valence-electron chi connectivity index (χ3n) is 5.85. The number of fused-ring (bicyclic) bond motifs is 1. The molecular weight excluding hydrogens is 501 g/mol. The number of nitrogens with one attached hydrogen (secondary N) is 1. The molecule has 3 aromatic rings. The fourth-order valence-corrected chi connectivity index (χ4v) is 5.45. The molecule has 37 heavy (non-hydrogen) atoms. The van der Waals surface area contributed by atoms with Crippen molar-refractivity contribution in [3.63, 3.8) is 0 Å². The van der Waals surface area contributed by atoms with Gasteiger partial charge in [-0.3, -0.25) is 9.32 Å². The molecule has 0 amide bonds. The van der Waals surface area contributed by atoms with Crippen LogP contribution in [0.25, 0.3) is 11.2 Å². The summed E-state index contributed by atoms with van der Waals surface area (Å²) in [5.41, 5.74) is 7.68. The molecule has 4 atom stereocenters. The molecule has 1 aromatic carbocycles. The summed E-state index contributed by atoms with van der Waals surface area (Å²) in [5.74, 6) is -0.661. The minimum absolute atomic E-state index is 0.0318. The average molecular weight is 532 g/mol. The second kappa shape index (κ2) is 10.8. The minimum Gasteiger partial charge on any atom is -0.480 e. The molecule has 2 heterocycles. The summed E-state index contributed by atoms with van der Waals surface area (Å²) in [5, 5.41) is 11.9. The van der Waals surface area contributed by atoms with Gasteiger partial charge in [0.05, 0.1) is 26.1 Å². The van der Waals surface area contributed by atoms with E-state index in [4.69, 9.17) is 19.5 Å². The maximum Gasteiger partial charge on any atom is 0.459 e. The van der Waals surface area contributed by atoms with Gasteiger partial charge in [0.2, 0.25) is 11.8 Å². The third-order valence-corrected chi connectivity index (χ3v) is 7.49. The number of anilines is 2. The second-order valence-corrected chi connectivity index (χ2v) is 10.5. The monoisotopic (exact) mass is 531 g/mol. The molecule has 1 aliphatic carbocycles. The molecule has 0 radical (unpaired) electrons. The molecule has 0 bridgehead atoms. The SMILES string of the molecule is COc1nc(N)nc2c1ncn2[C@H]1C=C[C@@H](COP(=O)(N[C@@H](C)C(=O)O)Oc2cccc(N(C)C)c2)C1. The zero-order valence-corrected chi connectivity index (χ0v) is 21.8. The van der Waals surface area contributed by atoms with E-state index in [0.29, 0.717) is 17.6 Å². The number of hydrogen-bond donors (Lipinski definition) is 3. The van der Waals surface area contributed by atoms with Crippen molar-refractivity contribution in [1.82, 2.24) is 24.6 Å². The highest BCUT2D eigenvalue weighted by Crippen LogP contribution is 2.46. The number of aliphatic carboxylic acids is 1. The van der Waals surface area contributed by atoms with Gasteiger partial charge in [0.15, 0.2) is 11.2 Å². The molecule has 198 valence electrons. The number of nitrogens with zero attached hydrogens (tertiary/aromatic N) is 5. The number of carboxylic acid groups (broad SMARTS) is 1. The number of rotatable bonds is 11. The molecule has 0 fully saturated rings. The Hall–Kier alpha value is -3.67. The first kappa shape index (κ1) is 26.4. The lowest BCUT2D eigenvalue weighted by atomic mass is 10.1. The summed E-state index contributed by atoms with van der Waals surface area (Å²) in [6.45, 7) is 1.40. The molecule has 4 rings (SSSR count). The normalized spacial score (nSPS) is 19.5. The highest BCUT2D eigenvalue weighted by molar-refractivity contribution is 7.52. The van der Waals surface area contributed by atoms with E-state index in [2.05, 4.69) is 20.0 Å². The lowest BCUT2D eigenvalue weighted by Gasteiger charge is -2.24. The number of carboxylic acids is 1. The van der Waals surface area contributed by atoms with E-state index in [1.165, 1.54) is 14.0 Å². The molecule has 1 unspecified atom stereocenters. The number of ether oxygens (including phenoxy) is 1. The number of nitrogens with two attached hydrogens (primary N) is 1. The number of methoxy groups -OCH3 is 1. The Labute approximate surface area is 213 Å². The summed E-state index contributed by atoms with van der Waals surface area (Å²) >= 11 is 0. The molecule has 0 aliphatic heterocycles. The van der Waals surface area contributed by atoms with Crippen molar-refractivity contribution in [3.8, 4) is 11.6 Å². The first-order chi connectivity index (χ1) is 17.6. The summed E-state index contributed by atoms with van der Waals surface area (Å²) < 4.78 is 32.2. The Morgan fingerprint density at radius 3 is 2.84 bits per heavy atom. The highest BCUT2D eigenvalue weighted by Gasteiger charge is 2.33. The zero-order valence-electron chi connectivity index (χ0n) is 20.9. The maximum atomic E-state index is 13.6. The molecule has 1 aliphatic rings. The van der Waals surface area contributed by atoms with E-state index in [1.807, 2.05) is 41.8 Å². The average Bonchev–Trinajstić information content (AvgIpc) is 3.49. The van der Waals surface area contributed by atoms with Gasteiger partial charge in [-0.1, -0.05) is 18.2 Å². The Balaban J connectivity index is 1.48. The molecule has 0 saturated heterocycles. The van der Waals surface area contributed by atoms with Crippen LogP contribution in [0.2, 0.25) is 0 Å². The highest BCUT2D eigenvalue weighted by atomic mass is 31.2. The molecule has 14 heteroatoms. The van der Waals surface area contributed by atoms with Crippen molar-refractivity contribution in [2.45, 2.75) is 25.4 Å². The fourth-order valence-electron chi connectivity index (χ4n) is 3.91. The van der Waals surface area contributed by atoms with Crippen molar-refractivity contribution in [2.75, 3.05) is 38.4 Å². The van der Waals surface area contributed by atoms with E-state index in [1.54, 1.807) is 24.5 Å². The standard InChI is InChI=1S/C23H30N7O6P/c1-14(22(31)32)28-37(33,36-18-7-5-6-16(11-18)29(2)3)35-12-15-8-9-17(10-15)30-13-25-19-20(30)26-23(24)27-21(19)34-4/h5-9,11,13-15,17H,10,12H2,1-4H3,(H,28,33)(H,31,32)(H2,24,26,27)/t14-,15+,17-,37?/m0/s1. The zero-order chi connectivity index (χ0) is 26.7. The summed E-state index contributed by atoms with van der Waals surface area (Å²) in [6.07, 6.45) is 6.15. The predicted molar refractivity (Wildman–Crippen MR) is 138 cm³/mol. The van der Waals surface area contributed by atoms with Gasteiger partial charge in [0, 0.05) is 31.8 Å². The molecule has 2 aromatic heterocycles. The largest absolute Gasteiger partial charge is 0.480 e. The van der Waals surface area contributed by atoms with E-state index in [-0.39, 0.29) is 36.1 Å². The first-order valence-electron chi connectivity index (χ1n) is 11.5. The van der Waals surface area contributed by atoms with Gasteiger partial charge in [0.1, 0.15) is 11.8 Å². The van der Waals surface area contributed by atoms with Gasteiger partial charge < -0.3 is 29.6 Å². The first-order valence-corrected chi connectivity index (χ1v) is 13.1. The van der Waals surface area contributed by atoms with Gasteiger partial charge >= 0.3 is 13.7 Å². The number of carbonyl (C=O) groups is 1. The smallest absolute Gasteiger partial charge is 0.459 e. The van der Waals surface area contributed by atoms with Gasteiger partial charge in [-0.2, -0.15) is 15.1 Å². The Kier molecular flexibility index (Phi) is 7.67. The van der Waals surface area contributed by atoms with E-state index in [9.17, 15) is 14.5 Å². The van der Waals surface area contributed by atoms with Crippen molar-refractivity contribution < 1.29 is 28.3 Å². The van der Waals surface area contributed by atoms with Crippen molar-refractivity contribution in [2.24, 2.45) is 5.92 Å². The Morgan fingerprint density at radius 1 is 1.35 bits per heavy atom. The molecule has 0 saturated carbocycles. The molecule has 0 spiro atoms. The number of allylic oxidation sites excluding steroid dienone is 1. The lowest BCUT2D eigenvalue weighted by molar-refractivity contribution is -0.138. The Morgan fingerprint density at radius 2 is 2.14 bits per heavy atom. The van der Waals surface area contributed by atoms with Crippen LogP contribution >= 0.6 is 7.75 Å². The molecule has 13 nitrogen and oxygen atoms in total. The van der Waals surface area contributed by atoms with E-state index in [0.717, 1.165) is 5.69 Å². The summed E-state index contributed by atoms with van der Waals surface area (Å²) in [4.78, 5) is 26.0. The predicted octanol–water partition coefficient (Wildman–Crippen LogP) is 2.87. The number of benzene rings is 1. The van der Waals surface area contributed by atoms with Crippen LogP contribution in [0.1, 0.15) is 19.4 Å². The van der Waals surface area contributed by atoms with Gasteiger partial charge in [-0.15, -0.1) is 0 Å². The second-order valence-electron chi connectivity index (χ2n) is 8.83. The van der Waals surface area contributed by atoms with Crippen LogP contribution in [-0.2, 0) is 13.9 Å². The van der Waals surface area contributed by atoms with Crippen molar-refractivity contribution in [3.05, 3.63) is 42.7 Å². The number of imidazole rings is 1. The van der Waals surface area contributed by atoms with E-state index < -0.39 is 19.8 Å². The van der Waals surface area contributed by atoms with Crippen LogP contribution in [0.4, 0.5) is 11.6 Å². The van der Waals surface area contributed by atoms with Crippen molar-refractivity contribution >= 4 is 36.5 Å². The van der Waals surface area contributed by atoms with Crippen LogP contribution in [0, 0.1) is 5.92 Å². The molecule has 4 N–H and O–H groups in total. The van der Waals surface area contributed by atoms with Gasteiger partial charge in [0.25, 0.3) is 0 Å². The van der Waals surface area contributed by atoms with Gasteiger partial charge in [-0.25, -0.2) is 9.55 Å². The third kappa shape index (κ3) is 6.01. The quantitative estimate of drug-likeness (QED) is 0.245. The van der Waals surface area contributed by atoms with Crippen molar-refractivity contribution in [1.29, 1.82) is 0 Å². The number of nitrogen functional groups attached to an aromatic ring is 1. The lowest BCUT2D eigenvalue weighted by Crippen LogP contribution is -2.33. The fraction of sp³-hybridized carbons (Fsp3) is 0.391. The van der Waals surface area contributed by atoms with Crippen LogP contribution < -0.4 is 25.0 Å². The molecular formula is C23H30N7O6P. The topological polar surface area (TPSA) is 167 Å². The summed E-state index contributed by atoms with van der Waals surface area (Å²) in [6, 6.07) is 5.67.